The van der Waals surface area contributed by atoms with E-state index in [4.69, 9.17) is 0 Å². The standard InChI is InChI=1S/C22H24FN7O/c1-2-5-16(14-31)26-12-15-8-11-30-20(15)22(27-18-7-10-24-13-17(18)23)28-21(29-30)19-6-3-4-9-25-19/h3-4,6-11,13,16,26,31H,2,5,12,14H2,1H3,(H,24,27,28,29)/t16-/m0/s1. The molecule has 0 aliphatic heterocycles. The third-order valence-electron chi connectivity index (χ3n) is 4.95. The second-order valence-corrected chi connectivity index (χ2v) is 7.16. The zero-order valence-corrected chi connectivity index (χ0v) is 17.2. The summed E-state index contributed by atoms with van der Waals surface area (Å²) in [5, 5.41) is 20.6. The molecule has 0 unspecified atom stereocenters. The van der Waals surface area contributed by atoms with E-state index in [-0.39, 0.29) is 18.3 Å². The van der Waals surface area contributed by atoms with Gasteiger partial charge in [0.15, 0.2) is 11.6 Å². The average molecular weight is 421 g/mol. The second kappa shape index (κ2) is 9.59. The third-order valence-corrected chi connectivity index (χ3v) is 4.95. The van der Waals surface area contributed by atoms with Gasteiger partial charge in [0.1, 0.15) is 11.2 Å². The monoisotopic (exact) mass is 421 g/mol. The molecule has 3 N–H and O–H groups in total. The quantitative estimate of drug-likeness (QED) is 0.381. The maximum Gasteiger partial charge on any atom is 0.200 e. The Kier molecular flexibility index (Phi) is 6.44. The lowest BCUT2D eigenvalue weighted by Gasteiger charge is -2.16. The Bertz CT molecular complexity index is 1150. The molecule has 0 amide bonds. The van der Waals surface area contributed by atoms with Gasteiger partial charge in [-0.25, -0.2) is 13.9 Å². The molecule has 8 nitrogen and oxygen atoms in total. The molecule has 0 radical (unpaired) electrons. The molecule has 0 saturated heterocycles. The molecule has 0 aliphatic carbocycles. The highest BCUT2D eigenvalue weighted by atomic mass is 19.1. The lowest BCUT2D eigenvalue weighted by atomic mass is 10.1. The molecule has 0 fully saturated rings. The first-order chi connectivity index (χ1) is 15.2. The Morgan fingerprint density at radius 3 is 2.84 bits per heavy atom. The molecule has 0 aromatic carbocycles. The van der Waals surface area contributed by atoms with Gasteiger partial charge in [0.25, 0.3) is 0 Å². The number of hydrogen-bond donors (Lipinski definition) is 3. The normalized spacial score (nSPS) is 12.2. The molecule has 9 heteroatoms. The van der Waals surface area contributed by atoms with E-state index < -0.39 is 5.82 Å². The second-order valence-electron chi connectivity index (χ2n) is 7.16. The fourth-order valence-electron chi connectivity index (χ4n) is 3.39. The molecule has 4 heterocycles. The molecule has 4 aromatic rings. The predicted molar refractivity (Wildman–Crippen MR) is 116 cm³/mol. The van der Waals surface area contributed by atoms with Crippen molar-refractivity contribution in [3.63, 3.8) is 0 Å². The number of hydrogen-bond acceptors (Lipinski definition) is 7. The maximum absolute atomic E-state index is 14.3. The summed E-state index contributed by atoms with van der Waals surface area (Å²) in [5.41, 5.74) is 2.52. The van der Waals surface area contributed by atoms with E-state index in [1.807, 2.05) is 30.5 Å². The Balaban J connectivity index is 1.76. The van der Waals surface area contributed by atoms with E-state index in [2.05, 4.69) is 37.6 Å². The number of aliphatic hydroxyl groups is 1. The van der Waals surface area contributed by atoms with Crippen LogP contribution >= 0.6 is 0 Å². The summed E-state index contributed by atoms with van der Waals surface area (Å²) in [6.45, 7) is 2.66. The summed E-state index contributed by atoms with van der Waals surface area (Å²) >= 11 is 0. The van der Waals surface area contributed by atoms with Crippen LogP contribution in [0.1, 0.15) is 25.3 Å². The van der Waals surface area contributed by atoms with Gasteiger partial charge in [-0.3, -0.25) is 9.97 Å². The number of nitrogens with one attached hydrogen (secondary N) is 2. The van der Waals surface area contributed by atoms with Crippen LogP contribution in [0.3, 0.4) is 0 Å². The minimum atomic E-state index is -0.479. The average Bonchev–Trinajstić information content (AvgIpc) is 3.22. The topological polar surface area (TPSA) is 100 Å². The number of pyridine rings is 2. The highest BCUT2D eigenvalue weighted by molar-refractivity contribution is 5.78. The first-order valence-corrected chi connectivity index (χ1v) is 10.2. The van der Waals surface area contributed by atoms with Crippen LogP contribution in [0.5, 0.6) is 0 Å². The van der Waals surface area contributed by atoms with E-state index >= 15 is 0 Å². The number of rotatable bonds is 9. The summed E-state index contributed by atoms with van der Waals surface area (Å²) in [6, 6.07) is 9.00. The first-order valence-electron chi connectivity index (χ1n) is 10.2. The summed E-state index contributed by atoms with van der Waals surface area (Å²) in [5.74, 6) is 0.395. The molecule has 0 saturated carbocycles. The lowest BCUT2D eigenvalue weighted by molar-refractivity contribution is 0.234. The van der Waals surface area contributed by atoms with E-state index in [0.29, 0.717) is 23.9 Å². The van der Waals surface area contributed by atoms with Gasteiger partial charge in [0.05, 0.1) is 18.5 Å². The Hall–Kier alpha value is -3.43. The van der Waals surface area contributed by atoms with E-state index in [9.17, 15) is 9.50 Å². The highest BCUT2D eigenvalue weighted by Gasteiger charge is 2.17. The van der Waals surface area contributed by atoms with Crippen molar-refractivity contribution in [3.8, 4) is 11.5 Å². The molecule has 0 spiro atoms. The Labute approximate surface area is 179 Å². The van der Waals surface area contributed by atoms with Crippen molar-refractivity contribution in [3.05, 3.63) is 66.5 Å². The van der Waals surface area contributed by atoms with E-state index in [0.717, 1.165) is 30.1 Å². The van der Waals surface area contributed by atoms with Gasteiger partial charge in [0, 0.05) is 31.2 Å². The third kappa shape index (κ3) is 4.68. The zero-order valence-electron chi connectivity index (χ0n) is 17.2. The van der Waals surface area contributed by atoms with Gasteiger partial charge in [-0.05, 0) is 36.2 Å². The summed E-state index contributed by atoms with van der Waals surface area (Å²) in [6.07, 6.45) is 8.02. The van der Waals surface area contributed by atoms with Gasteiger partial charge in [-0.15, -0.1) is 5.10 Å². The number of nitrogens with zero attached hydrogens (tertiary/aromatic N) is 5. The highest BCUT2D eigenvalue weighted by Crippen LogP contribution is 2.27. The molecular formula is C22H24FN7O. The van der Waals surface area contributed by atoms with Crippen LogP contribution in [-0.2, 0) is 6.54 Å². The smallest absolute Gasteiger partial charge is 0.200 e. The minimum absolute atomic E-state index is 0.00251. The Morgan fingerprint density at radius 2 is 2.10 bits per heavy atom. The zero-order chi connectivity index (χ0) is 21.6. The largest absolute Gasteiger partial charge is 0.395 e. The van der Waals surface area contributed by atoms with Gasteiger partial charge in [0.2, 0.25) is 5.82 Å². The van der Waals surface area contributed by atoms with Crippen LogP contribution in [0.25, 0.3) is 17.0 Å². The summed E-state index contributed by atoms with van der Waals surface area (Å²) in [7, 11) is 0. The number of anilines is 2. The molecule has 160 valence electrons. The predicted octanol–water partition coefficient (Wildman–Crippen LogP) is 3.32. The fourth-order valence-corrected chi connectivity index (χ4v) is 3.39. The number of aromatic nitrogens is 5. The van der Waals surface area contributed by atoms with Crippen molar-refractivity contribution in [2.75, 3.05) is 11.9 Å². The van der Waals surface area contributed by atoms with Gasteiger partial charge in [-0.2, -0.15) is 0 Å². The van der Waals surface area contributed by atoms with Gasteiger partial charge >= 0.3 is 0 Å². The minimum Gasteiger partial charge on any atom is -0.395 e. The number of aliphatic hydroxyl groups excluding tert-OH is 1. The molecule has 31 heavy (non-hydrogen) atoms. The summed E-state index contributed by atoms with van der Waals surface area (Å²) in [4.78, 5) is 12.8. The van der Waals surface area contributed by atoms with Crippen molar-refractivity contribution in [1.82, 2.24) is 29.9 Å². The van der Waals surface area contributed by atoms with Crippen molar-refractivity contribution >= 4 is 17.0 Å². The lowest BCUT2D eigenvalue weighted by Crippen LogP contribution is -2.31. The van der Waals surface area contributed by atoms with Crippen molar-refractivity contribution in [2.24, 2.45) is 0 Å². The van der Waals surface area contributed by atoms with Gasteiger partial charge in [-0.1, -0.05) is 19.4 Å². The fraction of sp³-hybridized carbons (Fsp3) is 0.273. The van der Waals surface area contributed by atoms with E-state index in [1.165, 1.54) is 6.20 Å². The Morgan fingerprint density at radius 1 is 1.19 bits per heavy atom. The molecule has 4 rings (SSSR count). The van der Waals surface area contributed by atoms with Crippen LogP contribution in [0.4, 0.5) is 15.9 Å². The van der Waals surface area contributed by atoms with Crippen molar-refractivity contribution < 1.29 is 9.50 Å². The van der Waals surface area contributed by atoms with Crippen LogP contribution in [0.15, 0.2) is 55.1 Å². The molecular weight excluding hydrogens is 397 g/mol. The van der Waals surface area contributed by atoms with Crippen LogP contribution in [0.2, 0.25) is 0 Å². The SMILES string of the molecule is CCC[C@@H](CO)NCc1ccn2nc(-c3ccccn3)nc(Nc3ccncc3F)c12. The van der Waals surface area contributed by atoms with E-state index in [1.54, 1.807) is 16.8 Å². The number of halogens is 1. The van der Waals surface area contributed by atoms with Crippen LogP contribution in [-0.4, -0.2) is 42.3 Å². The maximum atomic E-state index is 14.3. The molecule has 0 aliphatic rings. The first kappa shape index (κ1) is 20.8. The number of fused-ring (bicyclic) bond motifs is 1. The molecule has 4 aromatic heterocycles. The van der Waals surface area contributed by atoms with Crippen molar-refractivity contribution in [1.29, 1.82) is 0 Å². The van der Waals surface area contributed by atoms with Gasteiger partial charge < -0.3 is 15.7 Å². The molecule has 1 atom stereocenters. The van der Waals surface area contributed by atoms with Crippen LogP contribution < -0.4 is 10.6 Å². The van der Waals surface area contributed by atoms with Crippen molar-refractivity contribution in [2.45, 2.75) is 32.4 Å². The van der Waals surface area contributed by atoms with Crippen LogP contribution in [0, 0.1) is 5.82 Å². The molecule has 0 bridgehead atoms. The summed E-state index contributed by atoms with van der Waals surface area (Å²) < 4.78 is 16.0.